The van der Waals surface area contributed by atoms with Gasteiger partial charge in [0, 0.05) is 25.2 Å². The maximum absolute atomic E-state index is 12.6. The first kappa shape index (κ1) is 27.2. The highest BCUT2D eigenvalue weighted by Gasteiger charge is 2.20. The minimum absolute atomic E-state index is 0.0371. The Labute approximate surface area is 214 Å². The van der Waals surface area contributed by atoms with Crippen molar-refractivity contribution in [2.75, 3.05) is 33.7 Å². The fourth-order valence-electron chi connectivity index (χ4n) is 4.04. The number of hydrogen-bond donors (Lipinski definition) is 2. The first-order chi connectivity index (χ1) is 17.0. The standard InChI is InChI=1S/C28H38N4O4/c1-28(2,3)36-27(35)29-18-25(33)32(5)19-20-7-6-8-23(17-20)21-9-11-22(12-10-21)26(34)30-24-13-15-31(4)16-14-24/h6-12,17,24H,13-16,18-19H2,1-5H3,(H,29,35)(H,30,34). The van der Waals surface area contributed by atoms with Crippen LogP contribution in [0.5, 0.6) is 0 Å². The van der Waals surface area contributed by atoms with Crippen LogP contribution in [0.1, 0.15) is 49.5 Å². The van der Waals surface area contributed by atoms with E-state index in [2.05, 4.69) is 22.6 Å². The van der Waals surface area contributed by atoms with Crippen molar-refractivity contribution in [3.05, 3.63) is 59.7 Å². The van der Waals surface area contributed by atoms with Gasteiger partial charge in [0.1, 0.15) is 12.1 Å². The smallest absolute Gasteiger partial charge is 0.408 e. The summed E-state index contributed by atoms with van der Waals surface area (Å²) in [7, 11) is 3.80. The van der Waals surface area contributed by atoms with Crippen molar-refractivity contribution >= 4 is 17.9 Å². The van der Waals surface area contributed by atoms with Crippen LogP contribution in [0.2, 0.25) is 0 Å². The number of benzene rings is 2. The molecule has 2 aromatic rings. The van der Waals surface area contributed by atoms with Gasteiger partial charge >= 0.3 is 6.09 Å². The van der Waals surface area contributed by atoms with Crippen LogP contribution in [0, 0.1) is 0 Å². The summed E-state index contributed by atoms with van der Waals surface area (Å²) in [6.45, 7) is 7.58. The highest BCUT2D eigenvalue weighted by molar-refractivity contribution is 5.94. The normalized spacial score (nSPS) is 14.7. The summed E-state index contributed by atoms with van der Waals surface area (Å²) in [4.78, 5) is 40.7. The Morgan fingerprint density at radius 2 is 1.69 bits per heavy atom. The van der Waals surface area contributed by atoms with Gasteiger partial charge < -0.3 is 25.2 Å². The molecule has 1 fully saturated rings. The molecule has 0 aliphatic carbocycles. The number of amides is 3. The number of ether oxygens (including phenoxy) is 1. The molecule has 3 amide bonds. The maximum atomic E-state index is 12.6. The number of alkyl carbamates (subject to hydrolysis) is 1. The second kappa shape index (κ2) is 12.0. The molecule has 0 unspecified atom stereocenters. The molecule has 0 atom stereocenters. The molecule has 8 nitrogen and oxygen atoms in total. The van der Waals surface area contributed by atoms with Gasteiger partial charge in [-0.3, -0.25) is 9.59 Å². The van der Waals surface area contributed by atoms with Crippen LogP contribution in [0.15, 0.2) is 48.5 Å². The first-order valence-corrected chi connectivity index (χ1v) is 12.4. The van der Waals surface area contributed by atoms with Crippen LogP contribution < -0.4 is 10.6 Å². The summed E-state index contributed by atoms with van der Waals surface area (Å²) in [5.74, 6) is -0.253. The van der Waals surface area contributed by atoms with Gasteiger partial charge in [-0.25, -0.2) is 4.79 Å². The van der Waals surface area contributed by atoms with Crippen molar-refractivity contribution in [1.82, 2.24) is 20.4 Å². The summed E-state index contributed by atoms with van der Waals surface area (Å²) in [5.41, 5.74) is 2.99. The van der Waals surface area contributed by atoms with Crippen molar-refractivity contribution in [2.24, 2.45) is 0 Å². The van der Waals surface area contributed by atoms with Crippen molar-refractivity contribution in [3.63, 3.8) is 0 Å². The molecule has 1 heterocycles. The number of nitrogens with one attached hydrogen (secondary N) is 2. The Balaban J connectivity index is 1.55. The topological polar surface area (TPSA) is 91.0 Å². The lowest BCUT2D eigenvalue weighted by Gasteiger charge is -2.29. The first-order valence-electron chi connectivity index (χ1n) is 12.4. The molecule has 2 N–H and O–H groups in total. The lowest BCUT2D eigenvalue weighted by atomic mass is 10.0. The second-order valence-electron chi connectivity index (χ2n) is 10.4. The van der Waals surface area contributed by atoms with E-state index in [1.807, 2.05) is 48.5 Å². The molecule has 1 saturated heterocycles. The van der Waals surface area contributed by atoms with E-state index >= 15 is 0 Å². The van der Waals surface area contributed by atoms with E-state index in [1.165, 1.54) is 0 Å². The monoisotopic (exact) mass is 494 g/mol. The van der Waals surface area contributed by atoms with Gasteiger partial charge in [0.05, 0.1) is 0 Å². The molecule has 3 rings (SSSR count). The SMILES string of the molecule is CN1CCC(NC(=O)c2ccc(-c3cccc(CN(C)C(=O)CNC(=O)OC(C)(C)C)c3)cc2)CC1. The Morgan fingerprint density at radius 3 is 2.33 bits per heavy atom. The number of carbonyl (C=O) groups is 3. The second-order valence-corrected chi connectivity index (χ2v) is 10.4. The number of rotatable bonds is 7. The van der Waals surface area contributed by atoms with E-state index in [0.717, 1.165) is 42.6 Å². The molecule has 194 valence electrons. The lowest BCUT2D eigenvalue weighted by Crippen LogP contribution is -2.43. The number of likely N-dealkylation sites (N-methyl/N-ethyl adjacent to an activating group) is 1. The molecule has 0 radical (unpaired) electrons. The lowest BCUT2D eigenvalue weighted by molar-refractivity contribution is -0.129. The molecule has 2 aromatic carbocycles. The molecule has 0 bridgehead atoms. The van der Waals surface area contributed by atoms with Gasteiger partial charge in [-0.2, -0.15) is 0 Å². The summed E-state index contributed by atoms with van der Waals surface area (Å²) in [6.07, 6.45) is 1.33. The van der Waals surface area contributed by atoms with Gasteiger partial charge in [0.25, 0.3) is 5.91 Å². The molecule has 1 aliphatic rings. The third-order valence-electron chi connectivity index (χ3n) is 6.09. The third-order valence-corrected chi connectivity index (χ3v) is 6.09. The van der Waals surface area contributed by atoms with Crippen LogP contribution >= 0.6 is 0 Å². The average molecular weight is 495 g/mol. The van der Waals surface area contributed by atoms with Crippen LogP contribution in [0.4, 0.5) is 4.79 Å². The fourth-order valence-corrected chi connectivity index (χ4v) is 4.04. The zero-order valence-corrected chi connectivity index (χ0v) is 22.0. The molecule has 8 heteroatoms. The Bertz CT molecular complexity index is 1050. The van der Waals surface area contributed by atoms with Gasteiger partial charge in [-0.1, -0.05) is 30.3 Å². The minimum Gasteiger partial charge on any atom is -0.444 e. The third kappa shape index (κ3) is 8.37. The van der Waals surface area contributed by atoms with Crippen LogP contribution in [0.3, 0.4) is 0 Å². The highest BCUT2D eigenvalue weighted by Crippen LogP contribution is 2.22. The molecular formula is C28H38N4O4. The predicted octanol–water partition coefficient (Wildman–Crippen LogP) is 3.66. The van der Waals surface area contributed by atoms with E-state index < -0.39 is 11.7 Å². The van der Waals surface area contributed by atoms with E-state index in [4.69, 9.17) is 4.74 Å². The van der Waals surface area contributed by atoms with Crippen LogP contribution in [-0.2, 0) is 16.1 Å². The zero-order valence-electron chi connectivity index (χ0n) is 22.0. The summed E-state index contributed by atoms with van der Waals surface area (Å²) in [5, 5.41) is 5.64. The predicted molar refractivity (Wildman–Crippen MR) is 141 cm³/mol. The number of carbonyl (C=O) groups excluding carboxylic acids is 3. The van der Waals surface area contributed by atoms with Crippen molar-refractivity contribution in [1.29, 1.82) is 0 Å². The van der Waals surface area contributed by atoms with Gasteiger partial charge in [-0.15, -0.1) is 0 Å². The molecule has 0 saturated carbocycles. The van der Waals surface area contributed by atoms with E-state index in [1.54, 1.807) is 32.7 Å². The number of hydrogen-bond acceptors (Lipinski definition) is 5. The number of likely N-dealkylation sites (tertiary alicyclic amines) is 1. The van der Waals surface area contributed by atoms with Crippen molar-refractivity contribution in [3.8, 4) is 11.1 Å². The summed E-state index contributed by atoms with van der Waals surface area (Å²) < 4.78 is 5.17. The zero-order chi connectivity index (χ0) is 26.3. The Hall–Kier alpha value is -3.39. The van der Waals surface area contributed by atoms with Crippen molar-refractivity contribution in [2.45, 2.75) is 51.8 Å². The number of nitrogens with zero attached hydrogens (tertiary/aromatic N) is 2. The molecule has 0 aromatic heterocycles. The Kier molecular flexibility index (Phi) is 9.09. The van der Waals surface area contributed by atoms with Gasteiger partial charge in [0.2, 0.25) is 5.91 Å². The average Bonchev–Trinajstić information content (AvgIpc) is 2.83. The van der Waals surface area contributed by atoms with Gasteiger partial charge in [-0.05, 0) is 88.6 Å². The summed E-state index contributed by atoms with van der Waals surface area (Å²) >= 11 is 0. The number of piperidine rings is 1. The summed E-state index contributed by atoms with van der Waals surface area (Å²) in [6, 6.07) is 15.8. The molecule has 36 heavy (non-hydrogen) atoms. The quantitative estimate of drug-likeness (QED) is 0.613. The van der Waals surface area contributed by atoms with Crippen LogP contribution in [-0.4, -0.2) is 73.1 Å². The highest BCUT2D eigenvalue weighted by atomic mass is 16.6. The molecular weight excluding hydrogens is 456 g/mol. The van der Waals surface area contributed by atoms with E-state index in [9.17, 15) is 14.4 Å². The van der Waals surface area contributed by atoms with Crippen LogP contribution in [0.25, 0.3) is 11.1 Å². The largest absolute Gasteiger partial charge is 0.444 e. The fraction of sp³-hybridized carbons (Fsp3) is 0.464. The molecule has 0 spiro atoms. The van der Waals surface area contributed by atoms with E-state index in [-0.39, 0.29) is 24.4 Å². The molecule has 1 aliphatic heterocycles. The van der Waals surface area contributed by atoms with Gasteiger partial charge in [0.15, 0.2) is 0 Å². The maximum Gasteiger partial charge on any atom is 0.408 e. The minimum atomic E-state index is -0.617. The van der Waals surface area contributed by atoms with E-state index in [0.29, 0.717) is 12.1 Å². The Morgan fingerprint density at radius 1 is 1.03 bits per heavy atom. The van der Waals surface area contributed by atoms with Crippen molar-refractivity contribution < 1.29 is 19.1 Å².